The van der Waals surface area contributed by atoms with Gasteiger partial charge in [0.2, 0.25) is 6.29 Å². The van der Waals surface area contributed by atoms with E-state index in [4.69, 9.17) is 4.74 Å². The molecule has 12 heavy (non-hydrogen) atoms. The first-order valence-electron chi connectivity index (χ1n) is 3.83. The first-order valence-corrected chi connectivity index (χ1v) is 3.83. The maximum atomic E-state index is 9.89. The molecule has 1 atom stereocenters. The molecule has 1 rings (SSSR count). The zero-order valence-electron chi connectivity index (χ0n) is 6.99. The average molecular weight is 163 g/mol. The van der Waals surface area contributed by atoms with Crippen LogP contribution in [0.4, 0.5) is 0 Å². The van der Waals surface area contributed by atoms with E-state index >= 15 is 0 Å². The number of ether oxygens (including phenoxy) is 1. The number of hydrogen-bond donors (Lipinski definition) is 0. The first kappa shape index (κ1) is 8.78. The largest absolute Gasteiger partial charge is 0.497 e. The third kappa shape index (κ3) is 2.38. The van der Waals surface area contributed by atoms with Crippen molar-refractivity contribution < 1.29 is 9.53 Å². The summed E-state index contributed by atoms with van der Waals surface area (Å²) in [4.78, 5) is 9.89. The van der Waals surface area contributed by atoms with E-state index in [1.54, 1.807) is 13.4 Å². The van der Waals surface area contributed by atoms with E-state index in [0.717, 1.165) is 12.2 Å². The molecular formula is C10H11O2. The molecule has 1 radical (unpaired) electrons. The van der Waals surface area contributed by atoms with Crippen LogP contribution in [-0.4, -0.2) is 13.4 Å². The Morgan fingerprint density at radius 3 is 3.08 bits per heavy atom. The van der Waals surface area contributed by atoms with Gasteiger partial charge in [0.1, 0.15) is 5.76 Å². The average Bonchev–Trinajstić information content (AvgIpc) is 2.15. The summed E-state index contributed by atoms with van der Waals surface area (Å²) in [6.07, 6.45) is 11.8. The maximum absolute atomic E-state index is 9.89. The van der Waals surface area contributed by atoms with Crippen LogP contribution in [0.5, 0.6) is 0 Å². The molecule has 0 amide bonds. The third-order valence-electron chi connectivity index (χ3n) is 1.75. The summed E-state index contributed by atoms with van der Waals surface area (Å²) in [6.45, 7) is 0. The summed E-state index contributed by atoms with van der Waals surface area (Å²) in [5.74, 6) is 1.19. The minimum Gasteiger partial charge on any atom is -0.497 e. The van der Waals surface area contributed by atoms with Crippen molar-refractivity contribution >= 4 is 6.29 Å². The Hall–Kier alpha value is -1.31. The molecule has 0 spiro atoms. The van der Waals surface area contributed by atoms with Crippen LogP contribution in [0.2, 0.25) is 0 Å². The minimum absolute atomic E-state index is 0.311. The molecule has 0 aliphatic heterocycles. The molecule has 2 nitrogen and oxygen atoms in total. The summed E-state index contributed by atoms with van der Waals surface area (Å²) >= 11 is 0. The number of hydrogen-bond acceptors (Lipinski definition) is 2. The lowest BCUT2D eigenvalue weighted by Crippen LogP contribution is -1.97. The quantitative estimate of drug-likeness (QED) is 0.592. The third-order valence-corrected chi connectivity index (χ3v) is 1.75. The van der Waals surface area contributed by atoms with E-state index in [0.29, 0.717) is 5.92 Å². The van der Waals surface area contributed by atoms with Gasteiger partial charge in [-0.3, -0.25) is 4.79 Å². The van der Waals surface area contributed by atoms with Crippen LogP contribution in [0, 0.1) is 5.92 Å². The molecule has 0 fully saturated rings. The smallest absolute Gasteiger partial charge is 0.225 e. The second-order valence-corrected chi connectivity index (χ2v) is 2.55. The van der Waals surface area contributed by atoms with E-state index in [2.05, 4.69) is 0 Å². The van der Waals surface area contributed by atoms with Gasteiger partial charge in [0, 0.05) is 0 Å². The van der Waals surface area contributed by atoms with E-state index in [9.17, 15) is 4.79 Å². The molecule has 0 aromatic heterocycles. The Kier molecular flexibility index (Phi) is 3.33. The highest BCUT2D eigenvalue weighted by molar-refractivity contribution is 5.65. The van der Waals surface area contributed by atoms with Crippen LogP contribution in [-0.2, 0) is 9.53 Å². The maximum Gasteiger partial charge on any atom is 0.225 e. The van der Waals surface area contributed by atoms with Crippen molar-refractivity contribution in [3.05, 3.63) is 36.1 Å². The zero-order chi connectivity index (χ0) is 8.81. The van der Waals surface area contributed by atoms with Gasteiger partial charge in [0.25, 0.3) is 0 Å². The van der Waals surface area contributed by atoms with Crippen LogP contribution < -0.4 is 0 Å². The Morgan fingerprint density at radius 1 is 1.75 bits per heavy atom. The molecule has 1 aliphatic rings. The Bertz CT molecular complexity index is 236. The minimum atomic E-state index is 0.311. The van der Waals surface area contributed by atoms with Crippen LogP contribution in [0.3, 0.4) is 0 Å². The van der Waals surface area contributed by atoms with Gasteiger partial charge in [0.15, 0.2) is 0 Å². The normalized spacial score (nSPS) is 22.4. The lowest BCUT2D eigenvalue weighted by Gasteiger charge is -2.10. The Balaban J connectivity index is 2.48. The predicted octanol–water partition coefficient (Wildman–Crippen LogP) is 1.76. The van der Waals surface area contributed by atoms with Gasteiger partial charge >= 0.3 is 0 Å². The highest BCUT2D eigenvalue weighted by Gasteiger charge is 2.04. The SMILES string of the molecule is COC1=CCC(C=C[C]=O)C=C1. The van der Waals surface area contributed by atoms with Crippen molar-refractivity contribution in [1.29, 1.82) is 0 Å². The standard InChI is InChI=1S/C10H11O2/c1-12-10-6-4-9(5-7-10)3-2-8-11/h2-4,6-7,9H,5H2,1H3. The molecule has 0 N–H and O–H groups in total. The number of methoxy groups -OCH3 is 1. The van der Waals surface area contributed by atoms with Gasteiger partial charge in [-0.15, -0.1) is 0 Å². The zero-order valence-corrected chi connectivity index (χ0v) is 6.99. The molecule has 0 saturated heterocycles. The van der Waals surface area contributed by atoms with Gasteiger partial charge in [-0.1, -0.05) is 12.2 Å². The van der Waals surface area contributed by atoms with Crippen molar-refractivity contribution in [3.8, 4) is 0 Å². The van der Waals surface area contributed by atoms with Gasteiger partial charge in [-0.2, -0.15) is 0 Å². The summed E-state index contributed by atoms with van der Waals surface area (Å²) in [7, 11) is 1.64. The van der Waals surface area contributed by atoms with E-state index in [1.807, 2.05) is 24.3 Å². The van der Waals surface area contributed by atoms with Crippen molar-refractivity contribution in [3.63, 3.8) is 0 Å². The molecule has 0 saturated carbocycles. The highest BCUT2D eigenvalue weighted by atomic mass is 16.5. The second-order valence-electron chi connectivity index (χ2n) is 2.55. The van der Waals surface area contributed by atoms with E-state index < -0.39 is 0 Å². The Labute approximate surface area is 72.2 Å². The fraction of sp³-hybridized carbons (Fsp3) is 0.300. The molecule has 1 aliphatic carbocycles. The number of carbonyl (C=O) groups excluding carboxylic acids is 1. The van der Waals surface area contributed by atoms with Gasteiger partial charge < -0.3 is 4.74 Å². The number of allylic oxidation sites excluding steroid dienone is 5. The lowest BCUT2D eigenvalue weighted by molar-refractivity contribution is 0.302. The second kappa shape index (κ2) is 4.54. The molecular weight excluding hydrogens is 152 g/mol. The summed E-state index contributed by atoms with van der Waals surface area (Å²) in [5, 5.41) is 0. The van der Waals surface area contributed by atoms with E-state index in [-0.39, 0.29) is 0 Å². The molecule has 2 heteroatoms. The lowest BCUT2D eigenvalue weighted by atomic mass is 10.00. The molecule has 0 heterocycles. The van der Waals surface area contributed by atoms with Crippen molar-refractivity contribution in [2.24, 2.45) is 5.92 Å². The van der Waals surface area contributed by atoms with Crippen molar-refractivity contribution in [2.75, 3.05) is 7.11 Å². The van der Waals surface area contributed by atoms with Gasteiger partial charge in [-0.25, -0.2) is 0 Å². The topological polar surface area (TPSA) is 26.3 Å². The summed E-state index contributed by atoms with van der Waals surface area (Å²) < 4.78 is 5.02. The van der Waals surface area contributed by atoms with Crippen LogP contribution in [0.15, 0.2) is 36.1 Å². The molecule has 0 aromatic carbocycles. The van der Waals surface area contributed by atoms with Crippen LogP contribution in [0.25, 0.3) is 0 Å². The van der Waals surface area contributed by atoms with Crippen molar-refractivity contribution in [2.45, 2.75) is 6.42 Å². The molecule has 0 aromatic rings. The fourth-order valence-corrected chi connectivity index (χ4v) is 1.07. The Morgan fingerprint density at radius 2 is 2.58 bits per heavy atom. The van der Waals surface area contributed by atoms with Gasteiger partial charge in [-0.05, 0) is 30.6 Å². The predicted molar refractivity (Wildman–Crippen MR) is 47.2 cm³/mol. The molecule has 0 bridgehead atoms. The highest BCUT2D eigenvalue weighted by Crippen LogP contribution is 2.17. The summed E-state index contributed by atoms with van der Waals surface area (Å²) in [6, 6.07) is 0. The fourth-order valence-electron chi connectivity index (χ4n) is 1.07. The van der Waals surface area contributed by atoms with Crippen LogP contribution >= 0.6 is 0 Å². The van der Waals surface area contributed by atoms with Crippen LogP contribution in [0.1, 0.15) is 6.42 Å². The molecule has 63 valence electrons. The van der Waals surface area contributed by atoms with Gasteiger partial charge in [0.05, 0.1) is 7.11 Å². The first-order chi connectivity index (χ1) is 5.86. The molecule has 1 unspecified atom stereocenters. The monoisotopic (exact) mass is 163 g/mol. The summed E-state index contributed by atoms with van der Waals surface area (Å²) in [5.41, 5.74) is 0. The number of rotatable bonds is 3. The van der Waals surface area contributed by atoms with E-state index in [1.165, 1.54) is 6.08 Å². The van der Waals surface area contributed by atoms with Crippen molar-refractivity contribution in [1.82, 2.24) is 0 Å².